The van der Waals surface area contributed by atoms with Crippen LogP contribution in [-0.2, 0) is 0 Å². The number of fused-ring (bicyclic) bond motifs is 1. The largest absolute Gasteiger partial charge is 0.455 e. The van der Waals surface area contributed by atoms with Crippen molar-refractivity contribution in [1.29, 1.82) is 0 Å². The van der Waals surface area contributed by atoms with E-state index < -0.39 is 0 Å². The molecule has 0 saturated carbocycles. The summed E-state index contributed by atoms with van der Waals surface area (Å²) in [6, 6.07) is 16.9. The number of benzene rings is 2. The summed E-state index contributed by atoms with van der Waals surface area (Å²) >= 11 is 0. The van der Waals surface area contributed by atoms with Gasteiger partial charge >= 0.3 is 0 Å². The lowest BCUT2D eigenvalue weighted by Gasteiger charge is -2.20. The van der Waals surface area contributed by atoms with Crippen LogP contribution in [0.3, 0.4) is 0 Å². The highest BCUT2D eigenvalue weighted by Crippen LogP contribution is 2.32. The van der Waals surface area contributed by atoms with Gasteiger partial charge in [-0.25, -0.2) is 4.98 Å². The van der Waals surface area contributed by atoms with Gasteiger partial charge in [0.1, 0.15) is 11.3 Å². The van der Waals surface area contributed by atoms with E-state index in [9.17, 15) is 9.59 Å². The zero-order chi connectivity index (χ0) is 23.5. The number of nitrogens with zero attached hydrogens (tertiary/aromatic N) is 1. The molecule has 1 atom stereocenters. The van der Waals surface area contributed by atoms with Crippen molar-refractivity contribution in [1.82, 2.24) is 10.3 Å². The van der Waals surface area contributed by atoms with Crippen molar-refractivity contribution in [3.05, 3.63) is 93.4 Å². The van der Waals surface area contributed by atoms with Crippen molar-refractivity contribution in [3.8, 4) is 11.3 Å². The SMILES string of the molecule is CCNC(=O)c1ncccc1NC(C)c1cc(C)cc2c(=O)c(C)c(-c3ccccc3)oc12. The maximum Gasteiger partial charge on any atom is 0.272 e. The summed E-state index contributed by atoms with van der Waals surface area (Å²) in [5.74, 6) is 0.324. The van der Waals surface area contributed by atoms with E-state index in [2.05, 4.69) is 15.6 Å². The number of aryl methyl sites for hydroxylation is 1. The highest BCUT2D eigenvalue weighted by atomic mass is 16.3. The van der Waals surface area contributed by atoms with Crippen LogP contribution in [0.1, 0.15) is 47.1 Å². The molecule has 2 aromatic heterocycles. The van der Waals surface area contributed by atoms with Gasteiger partial charge in [-0.2, -0.15) is 0 Å². The summed E-state index contributed by atoms with van der Waals surface area (Å²) in [4.78, 5) is 30.0. The average molecular weight is 442 g/mol. The van der Waals surface area contributed by atoms with E-state index in [4.69, 9.17) is 4.42 Å². The Bertz CT molecular complexity index is 1380. The molecule has 4 rings (SSSR count). The average Bonchev–Trinajstić information content (AvgIpc) is 2.82. The molecule has 2 heterocycles. The molecule has 1 amide bonds. The minimum absolute atomic E-state index is 0.0448. The molecular formula is C27H27N3O3. The zero-order valence-corrected chi connectivity index (χ0v) is 19.2. The third-order valence-electron chi connectivity index (χ3n) is 5.63. The number of rotatable bonds is 6. The van der Waals surface area contributed by atoms with Gasteiger partial charge in [0.2, 0.25) is 0 Å². The van der Waals surface area contributed by atoms with Crippen molar-refractivity contribution in [3.63, 3.8) is 0 Å². The lowest BCUT2D eigenvalue weighted by molar-refractivity contribution is 0.0951. The number of nitrogens with one attached hydrogen (secondary N) is 2. The minimum atomic E-state index is -0.251. The summed E-state index contributed by atoms with van der Waals surface area (Å²) in [5.41, 5.74) is 4.66. The van der Waals surface area contributed by atoms with Gasteiger partial charge in [-0.05, 0) is 51.5 Å². The van der Waals surface area contributed by atoms with Crippen molar-refractivity contribution in [2.45, 2.75) is 33.7 Å². The predicted octanol–water partition coefficient (Wildman–Crippen LogP) is 5.39. The van der Waals surface area contributed by atoms with Crippen LogP contribution >= 0.6 is 0 Å². The molecule has 168 valence electrons. The van der Waals surface area contributed by atoms with Crippen LogP contribution in [0.4, 0.5) is 5.69 Å². The van der Waals surface area contributed by atoms with Gasteiger partial charge in [-0.1, -0.05) is 36.4 Å². The number of hydrogen-bond acceptors (Lipinski definition) is 5. The fourth-order valence-corrected chi connectivity index (χ4v) is 4.01. The van der Waals surface area contributed by atoms with E-state index in [1.807, 2.05) is 69.3 Å². The highest BCUT2D eigenvalue weighted by Gasteiger charge is 2.20. The maximum atomic E-state index is 13.3. The van der Waals surface area contributed by atoms with Gasteiger partial charge in [-0.3, -0.25) is 9.59 Å². The molecule has 4 aromatic rings. The Hall–Kier alpha value is -3.93. The van der Waals surface area contributed by atoms with Crippen LogP contribution in [0, 0.1) is 13.8 Å². The number of pyridine rings is 1. The number of carbonyl (C=O) groups is 1. The number of aromatic nitrogens is 1. The first-order valence-corrected chi connectivity index (χ1v) is 11.0. The lowest BCUT2D eigenvalue weighted by atomic mass is 9.98. The molecule has 0 saturated heterocycles. The van der Waals surface area contributed by atoms with E-state index >= 15 is 0 Å². The Balaban J connectivity index is 1.84. The van der Waals surface area contributed by atoms with E-state index in [1.54, 1.807) is 19.2 Å². The molecular weight excluding hydrogens is 414 g/mol. The molecule has 0 aliphatic heterocycles. The summed E-state index contributed by atoms with van der Waals surface area (Å²) in [6.45, 7) is 8.11. The smallest absolute Gasteiger partial charge is 0.272 e. The topological polar surface area (TPSA) is 84.2 Å². The van der Waals surface area contributed by atoms with Crippen molar-refractivity contribution in [2.24, 2.45) is 0 Å². The maximum absolute atomic E-state index is 13.3. The van der Waals surface area contributed by atoms with E-state index in [-0.39, 0.29) is 17.4 Å². The summed E-state index contributed by atoms with van der Waals surface area (Å²) < 4.78 is 6.39. The molecule has 0 radical (unpaired) electrons. The monoisotopic (exact) mass is 441 g/mol. The fraction of sp³-hybridized carbons (Fsp3) is 0.222. The molecule has 33 heavy (non-hydrogen) atoms. The third-order valence-corrected chi connectivity index (χ3v) is 5.63. The van der Waals surface area contributed by atoms with E-state index in [0.29, 0.717) is 40.2 Å². The third kappa shape index (κ3) is 4.37. The second-order valence-electron chi connectivity index (χ2n) is 8.11. The first-order chi connectivity index (χ1) is 15.9. The molecule has 0 spiro atoms. The molecule has 0 bridgehead atoms. The van der Waals surface area contributed by atoms with Crippen LogP contribution < -0.4 is 16.1 Å². The molecule has 2 aromatic carbocycles. The number of carbonyl (C=O) groups excluding carboxylic acids is 1. The van der Waals surface area contributed by atoms with Crippen LogP contribution in [-0.4, -0.2) is 17.4 Å². The first-order valence-electron chi connectivity index (χ1n) is 11.0. The van der Waals surface area contributed by atoms with E-state index in [0.717, 1.165) is 16.7 Å². The number of amides is 1. The van der Waals surface area contributed by atoms with Crippen LogP contribution in [0.2, 0.25) is 0 Å². The molecule has 0 fully saturated rings. The Morgan fingerprint density at radius 3 is 2.58 bits per heavy atom. The Kier molecular flexibility index (Phi) is 6.27. The van der Waals surface area contributed by atoms with Gasteiger partial charge in [0.05, 0.1) is 17.1 Å². The Labute approximate surface area is 192 Å². The zero-order valence-electron chi connectivity index (χ0n) is 19.2. The quantitative estimate of drug-likeness (QED) is 0.419. The lowest BCUT2D eigenvalue weighted by Crippen LogP contribution is -2.25. The first kappa shape index (κ1) is 22.3. The van der Waals surface area contributed by atoms with Gasteiger partial charge in [0.15, 0.2) is 11.1 Å². The van der Waals surface area contributed by atoms with Crippen molar-refractivity contribution < 1.29 is 9.21 Å². The molecule has 2 N–H and O–H groups in total. The molecule has 0 aliphatic rings. The summed E-state index contributed by atoms with van der Waals surface area (Å²) in [7, 11) is 0. The fourth-order valence-electron chi connectivity index (χ4n) is 4.01. The van der Waals surface area contributed by atoms with Gasteiger partial charge < -0.3 is 15.1 Å². The van der Waals surface area contributed by atoms with Crippen LogP contribution in [0.15, 0.2) is 70.0 Å². The summed E-state index contributed by atoms with van der Waals surface area (Å²) in [6.07, 6.45) is 1.59. The Morgan fingerprint density at radius 1 is 1.09 bits per heavy atom. The van der Waals surface area contributed by atoms with Gasteiger partial charge in [-0.15, -0.1) is 0 Å². The van der Waals surface area contributed by atoms with Crippen LogP contribution in [0.5, 0.6) is 0 Å². The highest BCUT2D eigenvalue weighted by molar-refractivity contribution is 5.97. The van der Waals surface area contributed by atoms with E-state index in [1.165, 1.54) is 0 Å². The second kappa shape index (κ2) is 9.28. The van der Waals surface area contributed by atoms with Crippen molar-refractivity contribution >= 4 is 22.6 Å². The summed E-state index contributed by atoms with van der Waals surface area (Å²) in [5, 5.41) is 6.73. The Morgan fingerprint density at radius 2 is 1.85 bits per heavy atom. The standard InChI is InChI=1S/C27H27N3O3/c1-5-28-27(32)23-22(12-9-13-29-23)30-18(4)20-14-16(2)15-21-24(31)17(3)25(33-26(20)21)19-10-7-6-8-11-19/h6-15,18,30H,5H2,1-4H3,(H,28,32). The molecule has 6 heteroatoms. The van der Waals surface area contributed by atoms with Crippen molar-refractivity contribution in [2.75, 3.05) is 11.9 Å². The second-order valence-corrected chi connectivity index (χ2v) is 8.11. The number of hydrogen-bond donors (Lipinski definition) is 2. The normalized spacial score (nSPS) is 11.9. The predicted molar refractivity (Wildman–Crippen MR) is 132 cm³/mol. The minimum Gasteiger partial charge on any atom is -0.455 e. The molecule has 0 aliphatic carbocycles. The molecule has 1 unspecified atom stereocenters. The molecule has 6 nitrogen and oxygen atoms in total. The van der Waals surface area contributed by atoms with Gasteiger partial charge in [0, 0.05) is 29.4 Å². The number of anilines is 1. The van der Waals surface area contributed by atoms with Crippen LogP contribution in [0.25, 0.3) is 22.3 Å². The van der Waals surface area contributed by atoms with Gasteiger partial charge in [0.25, 0.3) is 5.91 Å².